The van der Waals surface area contributed by atoms with Crippen molar-refractivity contribution in [2.45, 2.75) is 37.1 Å². The number of ether oxygens (including phenoxy) is 2. The van der Waals surface area contributed by atoms with Crippen molar-refractivity contribution in [1.82, 2.24) is 20.2 Å². The van der Waals surface area contributed by atoms with E-state index in [0.717, 1.165) is 49.1 Å². The van der Waals surface area contributed by atoms with Crippen molar-refractivity contribution < 1.29 is 9.47 Å². The van der Waals surface area contributed by atoms with Gasteiger partial charge in [-0.3, -0.25) is 0 Å². The van der Waals surface area contributed by atoms with Gasteiger partial charge in [-0.05, 0) is 47.4 Å². The van der Waals surface area contributed by atoms with Crippen LogP contribution >= 0.6 is 11.8 Å². The number of hydrogen-bond acceptors (Lipinski definition) is 6. The minimum Gasteiger partial charge on any atom is -0.497 e. The summed E-state index contributed by atoms with van der Waals surface area (Å²) in [5.41, 5.74) is 1.28. The molecule has 1 fully saturated rings. The van der Waals surface area contributed by atoms with Gasteiger partial charge in [0.25, 0.3) is 0 Å². The van der Waals surface area contributed by atoms with Crippen molar-refractivity contribution in [3.05, 3.63) is 29.8 Å². The fraction of sp³-hybridized carbons (Fsp3) is 0.533. The zero-order chi connectivity index (χ0) is 15.2. The van der Waals surface area contributed by atoms with Gasteiger partial charge in [0.1, 0.15) is 5.75 Å². The Morgan fingerprint density at radius 2 is 2.23 bits per heavy atom. The Morgan fingerprint density at radius 3 is 2.95 bits per heavy atom. The number of tetrazole rings is 1. The highest BCUT2D eigenvalue weighted by Crippen LogP contribution is 2.20. The topological polar surface area (TPSA) is 62.1 Å². The predicted octanol–water partition coefficient (Wildman–Crippen LogP) is 2.20. The fourth-order valence-electron chi connectivity index (χ4n) is 2.45. The second-order valence-corrected chi connectivity index (χ2v) is 6.29. The molecule has 1 unspecified atom stereocenters. The lowest BCUT2D eigenvalue weighted by Gasteiger charge is -2.10. The molecule has 0 saturated carbocycles. The first-order valence-electron chi connectivity index (χ1n) is 7.48. The van der Waals surface area contributed by atoms with Crippen molar-refractivity contribution in [2.24, 2.45) is 0 Å². The minimum absolute atomic E-state index is 0.254. The van der Waals surface area contributed by atoms with E-state index in [9.17, 15) is 0 Å². The third-order valence-electron chi connectivity index (χ3n) is 3.68. The fourth-order valence-corrected chi connectivity index (χ4v) is 3.32. The van der Waals surface area contributed by atoms with Crippen molar-refractivity contribution in [3.8, 4) is 5.75 Å². The summed E-state index contributed by atoms with van der Waals surface area (Å²) in [7, 11) is 1.68. The molecule has 0 N–H and O–H groups in total. The van der Waals surface area contributed by atoms with Crippen LogP contribution in [0.25, 0.3) is 0 Å². The van der Waals surface area contributed by atoms with Crippen LogP contribution in [0.1, 0.15) is 18.4 Å². The van der Waals surface area contributed by atoms with Gasteiger partial charge in [-0.25, -0.2) is 4.68 Å². The van der Waals surface area contributed by atoms with Gasteiger partial charge in [-0.15, -0.1) is 5.10 Å². The van der Waals surface area contributed by atoms with E-state index in [0.29, 0.717) is 0 Å². The first kappa shape index (κ1) is 15.3. The molecule has 1 aromatic heterocycles. The van der Waals surface area contributed by atoms with Gasteiger partial charge in [-0.1, -0.05) is 23.9 Å². The second kappa shape index (κ2) is 7.60. The molecule has 0 aliphatic carbocycles. The minimum atomic E-state index is 0.254. The van der Waals surface area contributed by atoms with Gasteiger partial charge < -0.3 is 9.47 Å². The largest absolute Gasteiger partial charge is 0.497 e. The normalized spacial score (nSPS) is 17.8. The Bertz CT molecular complexity index is 581. The van der Waals surface area contributed by atoms with Crippen molar-refractivity contribution in [1.29, 1.82) is 0 Å². The second-order valence-electron chi connectivity index (χ2n) is 5.23. The summed E-state index contributed by atoms with van der Waals surface area (Å²) in [6, 6.07) is 8.16. The molecular weight excluding hydrogens is 300 g/mol. The Hall–Kier alpha value is -1.60. The number of thioether (sulfide) groups is 1. The molecule has 7 heteroatoms. The molecule has 1 aliphatic heterocycles. The van der Waals surface area contributed by atoms with E-state index >= 15 is 0 Å². The van der Waals surface area contributed by atoms with Crippen LogP contribution in [0, 0.1) is 0 Å². The summed E-state index contributed by atoms with van der Waals surface area (Å²) in [4.78, 5) is 0. The number of rotatable bonds is 7. The first-order chi connectivity index (χ1) is 10.8. The summed E-state index contributed by atoms with van der Waals surface area (Å²) < 4.78 is 12.7. The maximum atomic E-state index is 5.64. The van der Waals surface area contributed by atoms with Gasteiger partial charge in [0.05, 0.1) is 19.8 Å². The number of nitrogens with zero attached hydrogens (tertiary/aromatic N) is 4. The Morgan fingerprint density at radius 1 is 1.36 bits per heavy atom. The van der Waals surface area contributed by atoms with Crippen LogP contribution < -0.4 is 4.74 Å². The van der Waals surface area contributed by atoms with E-state index in [4.69, 9.17) is 9.47 Å². The molecule has 6 nitrogen and oxygen atoms in total. The Labute approximate surface area is 134 Å². The van der Waals surface area contributed by atoms with Crippen molar-refractivity contribution >= 4 is 11.8 Å². The third kappa shape index (κ3) is 3.98. The van der Waals surface area contributed by atoms with Crippen LogP contribution in [0.2, 0.25) is 0 Å². The summed E-state index contributed by atoms with van der Waals surface area (Å²) >= 11 is 1.68. The predicted molar refractivity (Wildman–Crippen MR) is 84.2 cm³/mol. The molecule has 0 amide bonds. The molecule has 0 spiro atoms. The molecule has 1 atom stereocenters. The van der Waals surface area contributed by atoms with E-state index in [1.807, 2.05) is 16.8 Å². The molecule has 0 bridgehead atoms. The monoisotopic (exact) mass is 320 g/mol. The Kier molecular flexibility index (Phi) is 5.29. The summed E-state index contributed by atoms with van der Waals surface area (Å²) in [5.74, 6) is 1.83. The maximum absolute atomic E-state index is 5.64. The number of methoxy groups -OCH3 is 1. The number of hydrogen-bond donors (Lipinski definition) is 0. The Balaban J connectivity index is 1.49. The van der Waals surface area contributed by atoms with Crippen LogP contribution in [-0.4, -0.2) is 45.8 Å². The summed E-state index contributed by atoms with van der Waals surface area (Å²) in [6.07, 6.45) is 3.45. The molecule has 2 heterocycles. The van der Waals surface area contributed by atoms with E-state index in [1.54, 1.807) is 18.9 Å². The SMILES string of the molecule is COc1ccc(CCSc2nnnn2CC2CCCO2)cc1. The molecule has 1 saturated heterocycles. The van der Waals surface area contributed by atoms with Crippen LogP contribution in [0.15, 0.2) is 29.4 Å². The van der Waals surface area contributed by atoms with Gasteiger partial charge >= 0.3 is 0 Å². The van der Waals surface area contributed by atoms with Crippen molar-refractivity contribution in [3.63, 3.8) is 0 Å². The molecule has 22 heavy (non-hydrogen) atoms. The standard InChI is InChI=1S/C15H20N4O2S/c1-20-13-6-4-12(5-7-13)8-10-22-15-16-17-18-19(15)11-14-3-2-9-21-14/h4-7,14H,2-3,8-11H2,1H3. The summed E-state index contributed by atoms with van der Waals surface area (Å²) in [6.45, 7) is 1.60. The lowest BCUT2D eigenvalue weighted by molar-refractivity contribution is 0.0912. The van der Waals surface area contributed by atoms with Crippen LogP contribution in [0.4, 0.5) is 0 Å². The van der Waals surface area contributed by atoms with E-state index in [2.05, 4.69) is 27.7 Å². The number of aryl methyl sites for hydroxylation is 1. The average Bonchev–Trinajstić information content (AvgIpc) is 3.21. The molecule has 3 rings (SSSR count). The highest BCUT2D eigenvalue weighted by atomic mass is 32.2. The van der Waals surface area contributed by atoms with Crippen LogP contribution in [0.5, 0.6) is 5.75 Å². The highest BCUT2D eigenvalue weighted by molar-refractivity contribution is 7.99. The van der Waals surface area contributed by atoms with Crippen LogP contribution in [0.3, 0.4) is 0 Å². The lowest BCUT2D eigenvalue weighted by atomic mass is 10.2. The molecule has 1 aliphatic rings. The van der Waals surface area contributed by atoms with Crippen LogP contribution in [-0.2, 0) is 17.7 Å². The maximum Gasteiger partial charge on any atom is 0.209 e. The van der Waals surface area contributed by atoms with Gasteiger partial charge in [0.15, 0.2) is 0 Å². The number of benzene rings is 1. The highest BCUT2D eigenvalue weighted by Gasteiger charge is 2.18. The quantitative estimate of drug-likeness (QED) is 0.729. The van der Waals surface area contributed by atoms with E-state index in [1.165, 1.54) is 5.56 Å². The van der Waals surface area contributed by atoms with E-state index in [-0.39, 0.29) is 6.10 Å². The smallest absolute Gasteiger partial charge is 0.209 e. The van der Waals surface area contributed by atoms with E-state index < -0.39 is 0 Å². The lowest BCUT2D eigenvalue weighted by Crippen LogP contribution is -2.17. The molecule has 2 aromatic rings. The molecule has 1 aromatic carbocycles. The number of aromatic nitrogens is 4. The van der Waals surface area contributed by atoms with Crippen molar-refractivity contribution in [2.75, 3.05) is 19.5 Å². The third-order valence-corrected chi connectivity index (χ3v) is 4.64. The average molecular weight is 320 g/mol. The summed E-state index contributed by atoms with van der Waals surface area (Å²) in [5, 5.41) is 12.8. The van der Waals surface area contributed by atoms with Gasteiger partial charge in [0.2, 0.25) is 5.16 Å². The molecular formula is C15H20N4O2S. The van der Waals surface area contributed by atoms with Gasteiger partial charge in [-0.2, -0.15) is 0 Å². The molecule has 0 radical (unpaired) electrons. The zero-order valence-electron chi connectivity index (χ0n) is 12.6. The zero-order valence-corrected chi connectivity index (χ0v) is 13.5. The first-order valence-corrected chi connectivity index (χ1v) is 8.47. The molecule has 118 valence electrons. The van der Waals surface area contributed by atoms with Gasteiger partial charge in [0, 0.05) is 12.4 Å².